The van der Waals surface area contributed by atoms with Gasteiger partial charge in [-0.1, -0.05) is 12.1 Å². The van der Waals surface area contributed by atoms with Crippen LogP contribution in [-0.2, 0) is 10.0 Å². The zero-order chi connectivity index (χ0) is 19.9. The van der Waals surface area contributed by atoms with Crippen LogP contribution in [0.5, 0.6) is 0 Å². The third-order valence-electron chi connectivity index (χ3n) is 4.08. The summed E-state index contributed by atoms with van der Waals surface area (Å²) >= 11 is 0. The summed E-state index contributed by atoms with van der Waals surface area (Å²) in [6.07, 6.45) is 1.45. The molecule has 0 radical (unpaired) electrons. The molecule has 0 spiro atoms. The molecule has 2 aromatic rings. The molecule has 7 heteroatoms. The van der Waals surface area contributed by atoms with E-state index in [1.54, 1.807) is 12.1 Å². The summed E-state index contributed by atoms with van der Waals surface area (Å²) in [5, 5.41) is 2.79. The van der Waals surface area contributed by atoms with Gasteiger partial charge in [-0.15, -0.1) is 6.58 Å². The Kier molecular flexibility index (Phi) is 7.15. The van der Waals surface area contributed by atoms with E-state index in [2.05, 4.69) is 35.4 Å². The van der Waals surface area contributed by atoms with Crippen LogP contribution in [0.15, 0.2) is 66.1 Å². The molecule has 0 heterocycles. The van der Waals surface area contributed by atoms with Crippen LogP contribution in [0.3, 0.4) is 0 Å². The van der Waals surface area contributed by atoms with Crippen molar-refractivity contribution in [2.24, 2.45) is 0 Å². The highest BCUT2D eigenvalue weighted by molar-refractivity contribution is 7.89. The lowest BCUT2D eigenvalue weighted by atomic mass is 10.2. The molecule has 0 fully saturated rings. The number of carbonyl (C=O) groups excluding carboxylic acids is 1. The van der Waals surface area contributed by atoms with Crippen molar-refractivity contribution in [3.63, 3.8) is 0 Å². The summed E-state index contributed by atoms with van der Waals surface area (Å²) in [6.45, 7) is 9.59. The number of carbonyl (C=O) groups is 1. The minimum atomic E-state index is -3.68. The second-order valence-electron chi connectivity index (χ2n) is 5.84. The SMILES string of the molecule is C=CCNS(=O)(=O)c1cccc(C(=O)Nc2ccc(N(CC)CC)cc2)c1. The molecule has 27 heavy (non-hydrogen) atoms. The van der Waals surface area contributed by atoms with Gasteiger partial charge in [-0.05, 0) is 56.3 Å². The van der Waals surface area contributed by atoms with E-state index in [-0.39, 0.29) is 22.9 Å². The lowest BCUT2D eigenvalue weighted by Gasteiger charge is -2.21. The summed E-state index contributed by atoms with van der Waals surface area (Å²) in [7, 11) is -3.68. The highest BCUT2D eigenvalue weighted by atomic mass is 32.2. The standard InChI is InChI=1S/C20H25N3O3S/c1-4-14-21-27(25,26)19-9-7-8-16(15-19)20(24)22-17-10-12-18(13-11-17)23(5-2)6-3/h4,7-13,15,21H,1,5-6,14H2,2-3H3,(H,22,24). The average Bonchev–Trinajstić information content (AvgIpc) is 2.68. The molecule has 0 aliphatic rings. The predicted octanol–water partition coefficient (Wildman–Crippen LogP) is 3.25. The Bertz CT molecular complexity index is 889. The van der Waals surface area contributed by atoms with Gasteiger partial charge < -0.3 is 10.2 Å². The summed E-state index contributed by atoms with van der Waals surface area (Å²) < 4.78 is 26.8. The first-order valence-corrected chi connectivity index (χ1v) is 10.3. The first kappa shape index (κ1) is 20.7. The van der Waals surface area contributed by atoms with Crippen molar-refractivity contribution in [3.05, 3.63) is 66.7 Å². The summed E-state index contributed by atoms with van der Waals surface area (Å²) in [6, 6.07) is 13.5. The summed E-state index contributed by atoms with van der Waals surface area (Å²) in [5.74, 6) is -0.369. The number of anilines is 2. The minimum absolute atomic E-state index is 0.0360. The number of amides is 1. The molecule has 0 saturated carbocycles. The molecule has 144 valence electrons. The van der Waals surface area contributed by atoms with Gasteiger partial charge in [-0.2, -0.15) is 0 Å². The smallest absolute Gasteiger partial charge is 0.255 e. The molecule has 2 aromatic carbocycles. The maximum Gasteiger partial charge on any atom is 0.255 e. The third-order valence-corrected chi connectivity index (χ3v) is 5.50. The Morgan fingerprint density at radius 1 is 1.11 bits per heavy atom. The Morgan fingerprint density at radius 2 is 1.78 bits per heavy atom. The Balaban J connectivity index is 2.14. The normalized spacial score (nSPS) is 11.0. The van der Waals surface area contributed by atoms with Crippen molar-refractivity contribution in [2.45, 2.75) is 18.7 Å². The van der Waals surface area contributed by atoms with Gasteiger partial charge in [0, 0.05) is 36.6 Å². The van der Waals surface area contributed by atoms with Crippen LogP contribution in [-0.4, -0.2) is 34.0 Å². The predicted molar refractivity (Wildman–Crippen MR) is 110 cm³/mol. The quantitative estimate of drug-likeness (QED) is 0.648. The minimum Gasteiger partial charge on any atom is -0.372 e. The van der Waals surface area contributed by atoms with Crippen molar-refractivity contribution in [1.29, 1.82) is 0 Å². The molecule has 1 amide bonds. The van der Waals surface area contributed by atoms with E-state index in [1.165, 1.54) is 18.2 Å². The molecule has 0 aromatic heterocycles. The van der Waals surface area contributed by atoms with E-state index in [9.17, 15) is 13.2 Å². The average molecular weight is 388 g/mol. The van der Waals surface area contributed by atoms with Crippen LogP contribution in [0.25, 0.3) is 0 Å². The largest absolute Gasteiger partial charge is 0.372 e. The molecule has 0 saturated heterocycles. The van der Waals surface area contributed by atoms with Gasteiger partial charge in [0.15, 0.2) is 0 Å². The van der Waals surface area contributed by atoms with Crippen LogP contribution in [0.2, 0.25) is 0 Å². The Morgan fingerprint density at radius 3 is 2.37 bits per heavy atom. The Labute approximate surface area is 161 Å². The first-order valence-electron chi connectivity index (χ1n) is 8.78. The molecule has 0 bridgehead atoms. The second kappa shape index (κ2) is 9.34. The number of hydrogen-bond donors (Lipinski definition) is 2. The molecule has 2 rings (SSSR count). The van der Waals surface area contributed by atoms with Crippen LogP contribution in [0.4, 0.5) is 11.4 Å². The van der Waals surface area contributed by atoms with Gasteiger partial charge in [0.25, 0.3) is 5.91 Å². The van der Waals surface area contributed by atoms with E-state index in [0.717, 1.165) is 18.8 Å². The highest BCUT2D eigenvalue weighted by Gasteiger charge is 2.15. The summed E-state index contributed by atoms with van der Waals surface area (Å²) in [5.41, 5.74) is 2.00. The molecule has 2 N–H and O–H groups in total. The number of sulfonamides is 1. The van der Waals surface area contributed by atoms with Crippen LogP contribution in [0.1, 0.15) is 24.2 Å². The fourth-order valence-electron chi connectivity index (χ4n) is 2.60. The van der Waals surface area contributed by atoms with E-state index in [4.69, 9.17) is 0 Å². The molecule has 0 aliphatic carbocycles. The number of hydrogen-bond acceptors (Lipinski definition) is 4. The first-order chi connectivity index (χ1) is 12.9. The van der Waals surface area contributed by atoms with Crippen molar-refractivity contribution in [1.82, 2.24) is 4.72 Å². The van der Waals surface area contributed by atoms with E-state index in [1.807, 2.05) is 24.3 Å². The van der Waals surface area contributed by atoms with Crippen molar-refractivity contribution < 1.29 is 13.2 Å². The molecular weight excluding hydrogens is 362 g/mol. The molecular formula is C20H25N3O3S. The number of nitrogens with one attached hydrogen (secondary N) is 2. The van der Waals surface area contributed by atoms with Gasteiger partial charge >= 0.3 is 0 Å². The molecule has 0 aliphatic heterocycles. The fraction of sp³-hybridized carbons (Fsp3) is 0.250. The van der Waals surface area contributed by atoms with Gasteiger partial charge in [0.05, 0.1) is 4.90 Å². The van der Waals surface area contributed by atoms with Crippen LogP contribution >= 0.6 is 0 Å². The van der Waals surface area contributed by atoms with Crippen molar-refractivity contribution in [2.75, 3.05) is 29.9 Å². The number of rotatable bonds is 9. The van der Waals surface area contributed by atoms with E-state index < -0.39 is 10.0 Å². The van der Waals surface area contributed by atoms with Gasteiger partial charge in [0.1, 0.15) is 0 Å². The lowest BCUT2D eigenvalue weighted by molar-refractivity contribution is 0.102. The van der Waals surface area contributed by atoms with E-state index >= 15 is 0 Å². The zero-order valence-corrected chi connectivity index (χ0v) is 16.4. The third kappa shape index (κ3) is 5.42. The van der Waals surface area contributed by atoms with Gasteiger partial charge in [-0.3, -0.25) is 4.79 Å². The second-order valence-corrected chi connectivity index (χ2v) is 7.61. The zero-order valence-electron chi connectivity index (χ0n) is 15.6. The number of benzene rings is 2. The fourth-order valence-corrected chi connectivity index (χ4v) is 3.65. The Hall–Kier alpha value is -2.64. The van der Waals surface area contributed by atoms with Crippen LogP contribution < -0.4 is 14.9 Å². The molecule has 0 unspecified atom stereocenters. The molecule has 0 atom stereocenters. The van der Waals surface area contributed by atoms with E-state index in [0.29, 0.717) is 5.69 Å². The van der Waals surface area contributed by atoms with Crippen LogP contribution in [0, 0.1) is 0 Å². The highest BCUT2D eigenvalue weighted by Crippen LogP contribution is 2.19. The van der Waals surface area contributed by atoms with Gasteiger partial charge in [-0.25, -0.2) is 13.1 Å². The van der Waals surface area contributed by atoms with Crippen molar-refractivity contribution >= 4 is 27.3 Å². The maximum atomic E-state index is 12.5. The lowest BCUT2D eigenvalue weighted by Crippen LogP contribution is -2.24. The maximum absolute atomic E-state index is 12.5. The number of nitrogens with zero attached hydrogens (tertiary/aromatic N) is 1. The monoisotopic (exact) mass is 387 g/mol. The topological polar surface area (TPSA) is 78.5 Å². The summed E-state index contributed by atoms with van der Waals surface area (Å²) in [4.78, 5) is 14.7. The molecule has 6 nitrogen and oxygen atoms in total. The van der Waals surface area contributed by atoms with Gasteiger partial charge in [0.2, 0.25) is 10.0 Å². The van der Waals surface area contributed by atoms with Crippen molar-refractivity contribution in [3.8, 4) is 0 Å².